The van der Waals surface area contributed by atoms with Crippen LogP contribution in [0.25, 0.3) is 21.5 Å². The van der Waals surface area contributed by atoms with Gasteiger partial charge in [0.05, 0.1) is 0 Å². The van der Waals surface area contributed by atoms with Crippen molar-refractivity contribution < 1.29 is 6.51 Å². The van der Waals surface area contributed by atoms with E-state index in [2.05, 4.69) is 133 Å². The second-order valence-electron chi connectivity index (χ2n) is 20.5. The van der Waals surface area contributed by atoms with Crippen LogP contribution in [0.3, 0.4) is 0 Å². The van der Waals surface area contributed by atoms with Gasteiger partial charge >= 0.3 is 251 Å². The summed E-state index contributed by atoms with van der Waals surface area (Å²) in [5.41, 5.74) is 0.932. The zero-order valence-electron chi connectivity index (χ0n) is 26.5. The maximum absolute atomic E-state index is 3.90. The van der Waals surface area contributed by atoms with Gasteiger partial charge < -0.3 is 0 Å². The molecule has 10 saturated heterocycles. The molecule has 10 heterocycles. The average Bonchev–Trinajstić information content (AvgIpc) is 3.91. The van der Waals surface area contributed by atoms with Crippen molar-refractivity contribution in [1.29, 1.82) is 0 Å². The molecule has 0 N–H and O–H groups in total. The van der Waals surface area contributed by atoms with Crippen molar-refractivity contribution in [3.63, 3.8) is 0 Å². The van der Waals surface area contributed by atoms with E-state index in [0.29, 0.717) is 10.3 Å². The van der Waals surface area contributed by atoms with Crippen molar-refractivity contribution in [1.82, 2.24) is 0 Å². The number of rotatable bonds is 5. The first-order chi connectivity index (χ1) is 20.3. The summed E-state index contributed by atoms with van der Waals surface area (Å²) in [5.74, 6) is 0. The number of hydrogen-bond donors (Lipinski definition) is 0. The molecule has 222 valence electrons. The fourth-order valence-corrected chi connectivity index (χ4v) is 124. The van der Waals surface area contributed by atoms with Crippen molar-refractivity contribution in [2.45, 2.75) is 111 Å². The third kappa shape index (κ3) is 0.665. The summed E-state index contributed by atoms with van der Waals surface area (Å²) >= 11 is 0. The van der Waals surface area contributed by atoms with E-state index in [-0.39, 0.29) is 7.92 Å². The Bertz CT molecular complexity index is 2350. The van der Waals surface area contributed by atoms with Gasteiger partial charge in [0, 0.05) is 0 Å². The van der Waals surface area contributed by atoms with Gasteiger partial charge in [0.2, 0.25) is 0 Å². The monoisotopic (exact) mass is 642 g/mol. The van der Waals surface area contributed by atoms with Crippen LogP contribution < -0.4 is 10.6 Å². The SMILES string of the molecule is CC(P(C(C)(C)C)C(C)(C)C)[C@]12[CH]3[CH]4[CH]5[C]1(P(c1cccc6ccccc16)c1cccc6ccccc16)[Fe]45321678[CH]2[CH]1[CH]6[CH]7[CH]28. The Morgan fingerprint density at radius 2 is 1.02 bits per heavy atom. The second-order valence-corrected chi connectivity index (χ2v) is 50.7. The minimum absolute atomic E-state index is 0.128. The van der Waals surface area contributed by atoms with E-state index in [9.17, 15) is 0 Å². The topological polar surface area (TPSA) is 0 Å². The van der Waals surface area contributed by atoms with E-state index < -0.39 is 14.4 Å². The predicted molar refractivity (Wildman–Crippen MR) is 185 cm³/mol. The molecule has 14 rings (SSSR count). The molecule has 10 aliphatic rings. The van der Waals surface area contributed by atoms with Gasteiger partial charge in [0.25, 0.3) is 0 Å². The Morgan fingerprint density at radius 3 is 1.44 bits per heavy atom. The molecule has 0 nitrogen and oxygen atoms in total. The summed E-state index contributed by atoms with van der Waals surface area (Å²) in [5, 5.41) is 10.4. The van der Waals surface area contributed by atoms with Crippen molar-refractivity contribution >= 4 is 48.0 Å². The number of hydrogen-bond acceptors (Lipinski definition) is 0. The summed E-state index contributed by atoms with van der Waals surface area (Å²) in [6, 6.07) is 34.0. The molecule has 43 heavy (non-hydrogen) atoms. The van der Waals surface area contributed by atoms with Crippen molar-refractivity contribution in [3.05, 3.63) is 84.9 Å². The van der Waals surface area contributed by atoms with Crippen molar-refractivity contribution in [3.8, 4) is 0 Å². The van der Waals surface area contributed by atoms with Crippen LogP contribution in [0.5, 0.6) is 0 Å². The second kappa shape index (κ2) is 3.66. The van der Waals surface area contributed by atoms with Crippen LogP contribution >= 0.6 is 15.8 Å². The molecule has 3 heteroatoms. The number of benzene rings is 4. The summed E-state index contributed by atoms with van der Waals surface area (Å²) in [7, 11) is -0.563. The maximum atomic E-state index is 2.91. The Kier molecular flexibility index (Phi) is 1.97. The van der Waals surface area contributed by atoms with Crippen molar-refractivity contribution in [2.24, 2.45) is 0 Å². The van der Waals surface area contributed by atoms with Gasteiger partial charge in [0.1, 0.15) is 0 Å². The molecule has 4 aromatic rings. The minimum atomic E-state index is -3.90. The zero-order chi connectivity index (χ0) is 29.0. The van der Waals surface area contributed by atoms with Crippen LogP contribution in [0.2, 0.25) is 42.8 Å². The van der Waals surface area contributed by atoms with Gasteiger partial charge in [0.15, 0.2) is 0 Å². The van der Waals surface area contributed by atoms with Crippen LogP contribution in [0.15, 0.2) is 84.9 Å². The first-order valence-electron chi connectivity index (χ1n) is 17.0. The van der Waals surface area contributed by atoms with E-state index in [1.807, 2.05) is 0 Å². The molecule has 6 atom stereocenters. The standard InChI is InChI=1S/C35H39P2.C5H5.Fe/c1-25(37(34(2,3)4)35(5,6)7)28-21-14-24-31(28)36(32-22-12-17-26-15-8-10-19-29(26)32)33-23-13-18-27-16-9-11-20-30(27)33;1-2-4-5-3-1;/h8-25H,1-7H3;1-5H;. The summed E-state index contributed by atoms with van der Waals surface area (Å²) < 4.78 is 1.52. The van der Waals surface area contributed by atoms with Crippen LogP contribution in [0, 0.1) is 0 Å². The van der Waals surface area contributed by atoms with Gasteiger partial charge in [-0.05, 0) is 0 Å². The molecule has 0 saturated carbocycles. The van der Waals surface area contributed by atoms with Gasteiger partial charge in [-0.15, -0.1) is 0 Å². The molecule has 0 aromatic heterocycles. The molecule has 0 amide bonds. The summed E-state index contributed by atoms with van der Waals surface area (Å²) in [6.07, 6.45) is 0. The molecule has 1 spiro atoms. The molecular formula is C40H44FeP2. The van der Waals surface area contributed by atoms with Gasteiger partial charge in [-0.2, -0.15) is 0 Å². The average molecular weight is 643 g/mol. The zero-order valence-corrected chi connectivity index (χ0v) is 29.4. The molecule has 0 aliphatic carbocycles. The van der Waals surface area contributed by atoms with Gasteiger partial charge in [-0.25, -0.2) is 0 Å². The molecule has 10 fully saturated rings. The third-order valence-corrected chi connectivity index (χ3v) is 76.3. The van der Waals surface area contributed by atoms with Crippen LogP contribution in [0.4, 0.5) is 0 Å². The quantitative estimate of drug-likeness (QED) is 0.150. The first-order valence-corrected chi connectivity index (χ1v) is 26.0. The van der Waals surface area contributed by atoms with Crippen LogP contribution in [-0.4, -0.2) is 20.0 Å². The summed E-state index contributed by atoms with van der Waals surface area (Å²) in [6.45, 7) is 14.8. The molecule has 0 bridgehead atoms. The normalized spacial score (nSPS) is 58.0. The Morgan fingerprint density at radius 1 is 0.581 bits per heavy atom. The number of fused-ring (bicyclic) bond motifs is 12. The van der Waals surface area contributed by atoms with Crippen LogP contribution in [0.1, 0.15) is 48.5 Å². The van der Waals surface area contributed by atoms with E-state index in [1.54, 1.807) is 21.4 Å². The fourth-order valence-electron chi connectivity index (χ4n) is 24.1. The molecule has 0 radical (unpaired) electrons. The Labute approximate surface area is 249 Å². The van der Waals surface area contributed by atoms with E-state index in [1.165, 1.54) is 49.3 Å². The Balaban J connectivity index is 1.15. The van der Waals surface area contributed by atoms with Crippen LogP contribution in [-0.2, 0) is 6.51 Å². The first kappa shape index (κ1) is 23.2. The third-order valence-electron chi connectivity index (χ3n) is 21.7. The van der Waals surface area contributed by atoms with E-state index >= 15 is 0 Å². The molecular weight excluding hydrogens is 598 g/mol. The Hall–Kier alpha value is -1.22. The van der Waals surface area contributed by atoms with Crippen molar-refractivity contribution in [2.75, 3.05) is 0 Å². The fraction of sp³-hybridized carbons (Fsp3) is 0.500. The van der Waals surface area contributed by atoms with Gasteiger partial charge in [-0.1, -0.05) is 0 Å². The molecule has 5 unspecified atom stereocenters. The van der Waals surface area contributed by atoms with E-state index in [0.717, 1.165) is 14.0 Å². The van der Waals surface area contributed by atoms with E-state index in [4.69, 9.17) is 0 Å². The predicted octanol–water partition coefficient (Wildman–Crippen LogP) is 11.6. The summed E-state index contributed by atoms with van der Waals surface area (Å²) in [4.78, 5) is 10.3. The van der Waals surface area contributed by atoms with Gasteiger partial charge in [-0.3, -0.25) is 0 Å². The molecule has 4 aromatic carbocycles. The molecule has 10 aliphatic heterocycles.